The van der Waals surface area contributed by atoms with Gasteiger partial charge in [0.05, 0.1) is 5.60 Å². The maximum atomic E-state index is 14.5. The second-order valence-electron chi connectivity index (χ2n) is 7.92. The van der Waals surface area contributed by atoms with Gasteiger partial charge in [-0.25, -0.2) is 8.78 Å². The van der Waals surface area contributed by atoms with Crippen molar-refractivity contribution in [2.45, 2.75) is 52.6 Å². The van der Waals surface area contributed by atoms with E-state index < -0.39 is 17.2 Å². The van der Waals surface area contributed by atoms with Crippen molar-refractivity contribution in [1.29, 1.82) is 0 Å². The molecule has 2 atom stereocenters. The first kappa shape index (κ1) is 18.6. The first-order chi connectivity index (χ1) is 11.0. The van der Waals surface area contributed by atoms with Crippen LogP contribution in [0.1, 0.15) is 56.7 Å². The van der Waals surface area contributed by atoms with Crippen molar-refractivity contribution in [3.63, 3.8) is 0 Å². The van der Waals surface area contributed by atoms with Crippen LogP contribution in [0.2, 0.25) is 0 Å². The fourth-order valence-corrected chi connectivity index (χ4v) is 3.26. The van der Waals surface area contributed by atoms with Crippen LogP contribution in [0, 0.1) is 24.0 Å². The van der Waals surface area contributed by atoms with Gasteiger partial charge in [-0.3, -0.25) is 0 Å². The lowest BCUT2D eigenvalue weighted by Crippen LogP contribution is -2.37. The van der Waals surface area contributed by atoms with Gasteiger partial charge in [-0.15, -0.1) is 0 Å². The first-order valence-electron chi connectivity index (χ1n) is 8.27. The number of aryl methyl sites for hydroxylation is 1. The van der Waals surface area contributed by atoms with E-state index in [1.165, 1.54) is 12.1 Å². The first-order valence-corrected chi connectivity index (χ1v) is 8.27. The summed E-state index contributed by atoms with van der Waals surface area (Å²) in [4.78, 5) is 0. The van der Waals surface area contributed by atoms with Gasteiger partial charge in [-0.1, -0.05) is 63.6 Å². The quantitative estimate of drug-likeness (QED) is 0.761. The van der Waals surface area contributed by atoms with E-state index in [-0.39, 0.29) is 16.9 Å². The SMILES string of the molecule is Cc1ccc([C@H](C)[C@](O)(CC(C)(C)C)c2ccc(F)cc2F)cc1. The molecule has 0 spiro atoms. The highest BCUT2D eigenvalue weighted by molar-refractivity contribution is 5.33. The highest BCUT2D eigenvalue weighted by Crippen LogP contribution is 2.45. The summed E-state index contributed by atoms with van der Waals surface area (Å²) in [5, 5.41) is 11.5. The zero-order valence-corrected chi connectivity index (χ0v) is 15.0. The Bertz CT molecular complexity index is 701. The van der Waals surface area contributed by atoms with Gasteiger partial charge in [-0.05, 0) is 30.4 Å². The number of aliphatic hydroxyl groups is 1. The van der Waals surface area contributed by atoms with E-state index in [1.54, 1.807) is 0 Å². The van der Waals surface area contributed by atoms with Crippen molar-refractivity contribution in [2.24, 2.45) is 5.41 Å². The third kappa shape index (κ3) is 4.02. The Morgan fingerprint density at radius 3 is 2.08 bits per heavy atom. The molecule has 0 aromatic heterocycles. The monoisotopic (exact) mass is 332 g/mol. The Morgan fingerprint density at radius 1 is 1.00 bits per heavy atom. The van der Waals surface area contributed by atoms with Crippen molar-refractivity contribution in [1.82, 2.24) is 0 Å². The molecule has 130 valence electrons. The molecule has 0 aliphatic heterocycles. The third-order valence-electron chi connectivity index (χ3n) is 4.49. The van der Waals surface area contributed by atoms with Gasteiger partial charge in [0, 0.05) is 17.5 Å². The summed E-state index contributed by atoms with van der Waals surface area (Å²) >= 11 is 0. The van der Waals surface area contributed by atoms with E-state index in [9.17, 15) is 13.9 Å². The Kier molecular flexibility index (Phi) is 5.14. The van der Waals surface area contributed by atoms with Gasteiger partial charge >= 0.3 is 0 Å². The highest BCUT2D eigenvalue weighted by atomic mass is 19.1. The maximum absolute atomic E-state index is 14.5. The average molecular weight is 332 g/mol. The van der Waals surface area contributed by atoms with E-state index in [1.807, 2.05) is 58.9 Å². The summed E-state index contributed by atoms with van der Waals surface area (Å²) in [6.07, 6.45) is 0.359. The van der Waals surface area contributed by atoms with Crippen molar-refractivity contribution in [3.05, 3.63) is 70.8 Å². The molecule has 0 saturated heterocycles. The molecule has 24 heavy (non-hydrogen) atoms. The minimum Gasteiger partial charge on any atom is -0.384 e. The van der Waals surface area contributed by atoms with Crippen LogP contribution >= 0.6 is 0 Å². The normalized spacial score (nSPS) is 15.8. The third-order valence-corrected chi connectivity index (χ3v) is 4.49. The van der Waals surface area contributed by atoms with Crippen molar-refractivity contribution in [3.8, 4) is 0 Å². The molecule has 0 unspecified atom stereocenters. The molecular weight excluding hydrogens is 306 g/mol. The molecule has 0 radical (unpaired) electrons. The number of hydrogen-bond donors (Lipinski definition) is 1. The van der Waals surface area contributed by atoms with Crippen LogP contribution in [-0.4, -0.2) is 5.11 Å². The van der Waals surface area contributed by atoms with Crippen LogP contribution in [0.25, 0.3) is 0 Å². The molecular formula is C21H26F2O. The predicted octanol–water partition coefficient (Wildman–Crippen LogP) is 5.70. The number of benzene rings is 2. The predicted molar refractivity (Wildman–Crippen MR) is 93.9 cm³/mol. The number of halogens is 2. The van der Waals surface area contributed by atoms with Gasteiger partial charge in [0.15, 0.2) is 0 Å². The molecule has 0 amide bonds. The smallest absolute Gasteiger partial charge is 0.132 e. The maximum Gasteiger partial charge on any atom is 0.132 e. The standard InChI is InChI=1S/C21H26F2O/c1-14-6-8-16(9-7-14)15(2)21(24,13-20(3,4)5)18-11-10-17(22)12-19(18)23/h6-12,15,24H,13H2,1-5H3/t15-,21+/m0/s1. The summed E-state index contributed by atoms with van der Waals surface area (Å²) in [5.74, 6) is -1.68. The average Bonchev–Trinajstić information content (AvgIpc) is 2.45. The second kappa shape index (κ2) is 6.64. The molecule has 2 aromatic carbocycles. The van der Waals surface area contributed by atoms with E-state index in [0.717, 1.165) is 17.2 Å². The Labute approximate surface area is 143 Å². The topological polar surface area (TPSA) is 20.2 Å². The lowest BCUT2D eigenvalue weighted by atomic mass is 9.70. The molecule has 1 N–H and O–H groups in total. The summed E-state index contributed by atoms with van der Waals surface area (Å²) in [6.45, 7) is 9.89. The molecule has 2 rings (SSSR count). The summed E-state index contributed by atoms with van der Waals surface area (Å²) < 4.78 is 27.8. The molecule has 0 heterocycles. The van der Waals surface area contributed by atoms with E-state index in [2.05, 4.69) is 0 Å². The molecule has 0 saturated carbocycles. The summed E-state index contributed by atoms with van der Waals surface area (Å²) in [7, 11) is 0. The second-order valence-corrected chi connectivity index (χ2v) is 7.92. The number of hydrogen-bond acceptors (Lipinski definition) is 1. The van der Waals surface area contributed by atoms with E-state index >= 15 is 0 Å². The van der Waals surface area contributed by atoms with Gasteiger partial charge < -0.3 is 5.11 Å². The van der Waals surface area contributed by atoms with Crippen LogP contribution in [0.4, 0.5) is 8.78 Å². The van der Waals surface area contributed by atoms with Crippen molar-refractivity contribution < 1.29 is 13.9 Å². The minimum atomic E-state index is -1.43. The Morgan fingerprint density at radius 2 is 1.58 bits per heavy atom. The van der Waals surface area contributed by atoms with E-state index in [4.69, 9.17) is 0 Å². The Hall–Kier alpha value is -1.74. The molecule has 3 heteroatoms. The van der Waals surface area contributed by atoms with Gasteiger partial charge in [0.25, 0.3) is 0 Å². The lowest BCUT2D eigenvalue weighted by Gasteiger charge is -2.40. The fraction of sp³-hybridized carbons (Fsp3) is 0.429. The van der Waals surface area contributed by atoms with Gasteiger partial charge in [0.1, 0.15) is 11.6 Å². The summed E-state index contributed by atoms with van der Waals surface area (Å²) in [5.41, 5.74) is 0.543. The Balaban J connectivity index is 2.56. The van der Waals surface area contributed by atoms with Gasteiger partial charge in [0.2, 0.25) is 0 Å². The van der Waals surface area contributed by atoms with Gasteiger partial charge in [-0.2, -0.15) is 0 Å². The van der Waals surface area contributed by atoms with Crippen LogP contribution in [0.3, 0.4) is 0 Å². The zero-order valence-electron chi connectivity index (χ0n) is 15.0. The molecule has 0 bridgehead atoms. The lowest BCUT2D eigenvalue weighted by molar-refractivity contribution is -0.0271. The molecule has 1 nitrogen and oxygen atoms in total. The highest BCUT2D eigenvalue weighted by Gasteiger charge is 2.41. The van der Waals surface area contributed by atoms with Crippen LogP contribution in [0.15, 0.2) is 42.5 Å². The van der Waals surface area contributed by atoms with Crippen molar-refractivity contribution >= 4 is 0 Å². The summed E-state index contributed by atoms with van der Waals surface area (Å²) in [6, 6.07) is 11.3. The van der Waals surface area contributed by atoms with Crippen LogP contribution in [0.5, 0.6) is 0 Å². The van der Waals surface area contributed by atoms with Crippen LogP contribution in [-0.2, 0) is 5.60 Å². The fourth-order valence-electron chi connectivity index (χ4n) is 3.26. The van der Waals surface area contributed by atoms with Crippen LogP contribution < -0.4 is 0 Å². The zero-order chi connectivity index (χ0) is 18.1. The molecule has 0 fully saturated rings. The van der Waals surface area contributed by atoms with Crippen molar-refractivity contribution in [2.75, 3.05) is 0 Å². The molecule has 2 aromatic rings. The molecule has 0 aliphatic rings. The number of rotatable bonds is 4. The largest absolute Gasteiger partial charge is 0.384 e. The molecule has 0 aliphatic carbocycles. The van der Waals surface area contributed by atoms with E-state index in [0.29, 0.717) is 6.42 Å². The minimum absolute atomic E-state index is 0.145.